The second-order valence-electron chi connectivity index (χ2n) is 4.30. The van der Waals surface area contributed by atoms with Crippen LogP contribution in [0.1, 0.15) is 21.5 Å². The summed E-state index contributed by atoms with van der Waals surface area (Å²) in [5.74, 6) is -1.25. The number of carboxylic acids is 1. The van der Waals surface area contributed by atoms with Crippen LogP contribution >= 0.6 is 0 Å². The molecule has 0 atom stereocenters. The highest BCUT2D eigenvalue weighted by Gasteiger charge is 2.11. The maximum atomic E-state index is 13.2. The van der Waals surface area contributed by atoms with E-state index in [2.05, 4.69) is 0 Å². The fraction of sp³-hybridized carbons (Fsp3) is 0.133. The van der Waals surface area contributed by atoms with Crippen molar-refractivity contribution in [2.75, 3.05) is 0 Å². The van der Waals surface area contributed by atoms with Gasteiger partial charge in [0.2, 0.25) is 0 Å². The van der Waals surface area contributed by atoms with Crippen molar-refractivity contribution in [3.05, 3.63) is 58.9 Å². The Hall–Kier alpha value is -2.16. The average Bonchev–Trinajstić information content (AvgIpc) is 2.27. The summed E-state index contributed by atoms with van der Waals surface area (Å²) < 4.78 is 13.2. The largest absolute Gasteiger partial charge is 0.478 e. The molecule has 18 heavy (non-hydrogen) atoms. The van der Waals surface area contributed by atoms with Crippen LogP contribution in [0.4, 0.5) is 4.39 Å². The van der Waals surface area contributed by atoms with E-state index in [-0.39, 0.29) is 11.4 Å². The predicted molar refractivity (Wildman–Crippen MR) is 68.3 cm³/mol. The summed E-state index contributed by atoms with van der Waals surface area (Å²) in [5.41, 5.74) is 3.57. The van der Waals surface area contributed by atoms with Crippen molar-refractivity contribution in [2.45, 2.75) is 13.8 Å². The minimum absolute atomic E-state index is 0.255. The lowest BCUT2D eigenvalue weighted by atomic mass is 9.93. The van der Waals surface area contributed by atoms with E-state index in [1.807, 2.05) is 19.9 Å². The maximum Gasteiger partial charge on any atom is 0.335 e. The summed E-state index contributed by atoms with van der Waals surface area (Å²) >= 11 is 0. The molecule has 0 bridgehead atoms. The molecule has 0 aliphatic carbocycles. The standard InChI is InChI=1S/C15H13FO2/c1-9-6-12(15(17)18)7-10(2)14(9)11-4-3-5-13(16)8-11/h3-8H,1-2H3,(H,17,18). The molecule has 0 aliphatic rings. The Morgan fingerprint density at radius 3 is 2.22 bits per heavy atom. The fourth-order valence-corrected chi connectivity index (χ4v) is 2.19. The first-order valence-corrected chi connectivity index (χ1v) is 5.59. The fourth-order valence-electron chi connectivity index (χ4n) is 2.19. The van der Waals surface area contributed by atoms with Gasteiger partial charge in [0, 0.05) is 0 Å². The number of carbonyl (C=O) groups is 1. The van der Waals surface area contributed by atoms with Gasteiger partial charge in [0.1, 0.15) is 5.82 Å². The average molecular weight is 244 g/mol. The normalized spacial score (nSPS) is 10.4. The van der Waals surface area contributed by atoms with Crippen LogP contribution in [0.2, 0.25) is 0 Å². The molecule has 0 spiro atoms. The van der Waals surface area contributed by atoms with E-state index < -0.39 is 5.97 Å². The summed E-state index contributed by atoms with van der Waals surface area (Å²) in [5, 5.41) is 8.98. The van der Waals surface area contributed by atoms with Gasteiger partial charge in [-0.2, -0.15) is 0 Å². The molecule has 0 aliphatic heterocycles. The summed E-state index contributed by atoms with van der Waals surface area (Å²) in [6.07, 6.45) is 0. The van der Waals surface area contributed by atoms with Crippen LogP contribution in [-0.4, -0.2) is 11.1 Å². The zero-order valence-electron chi connectivity index (χ0n) is 10.2. The van der Waals surface area contributed by atoms with E-state index in [0.29, 0.717) is 0 Å². The Kier molecular flexibility index (Phi) is 3.15. The third-order valence-corrected chi connectivity index (χ3v) is 2.89. The van der Waals surface area contributed by atoms with E-state index >= 15 is 0 Å². The topological polar surface area (TPSA) is 37.3 Å². The Bertz CT molecular complexity index is 595. The molecule has 3 heteroatoms. The van der Waals surface area contributed by atoms with Crippen molar-refractivity contribution in [1.29, 1.82) is 0 Å². The molecule has 0 fully saturated rings. The third-order valence-electron chi connectivity index (χ3n) is 2.89. The first-order chi connectivity index (χ1) is 8.49. The van der Waals surface area contributed by atoms with Gasteiger partial charge >= 0.3 is 5.97 Å². The van der Waals surface area contributed by atoms with Crippen LogP contribution in [0, 0.1) is 19.7 Å². The lowest BCUT2D eigenvalue weighted by molar-refractivity contribution is 0.0696. The highest BCUT2D eigenvalue weighted by atomic mass is 19.1. The number of hydrogen-bond acceptors (Lipinski definition) is 1. The molecule has 0 radical (unpaired) electrons. The van der Waals surface area contributed by atoms with Crippen LogP contribution < -0.4 is 0 Å². The minimum Gasteiger partial charge on any atom is -0.478 e. The Labute approximate surface area is 105 Å². The lowest BCUT2D eigenvalue weighted by Gasteiger charge is -2.11. The van der Waals surface area contributed by atoms with Crippen LogP contribution in [0.3, 0.4) is 0 Å². The molecule has 2 aromatic rings. The van der Waals surface area contributed by atoms with Gasteiger partial charge in [-0.1, -0.05) is 12.1 Å². The van der Waals surface area contributed by atoms with Crippen molar-refractivity contribution >= 4 is 5.97 Å². The van der Waals surface area contributed by atoms with Crippen LogP contribution in [-0.2, 0) is 0 Å². The van der Waals surface area contributed by atoms with Crippen molar-refractivity contribution in [3.63, 3.8) is 0 Å². The number of benzene rings is 2. The summed E-state index contributed by atoms with van der Waals surface area (Å²) in [6.45, 7) is 3.67. The molecule has 2 rings (SSSR count). The molecule has 0 heterocycles. The molecular formula is C15H13FO2. The van der Waals surface area contributed by atoms with E-state index in [9.17, 15) is 9.18 Å². The van der Waals surface area contributed by atoms with E-state index in [0.717, 1.165) is 22.3 Å². The molecule has 0 amide bonds. The Morgan fingerprint density at radius 1 is 1.11 bits per heavy atom. The lowest BCUT2D eigenvalue weighted by Crippen LogP contribution is -1.99. The van der Waals surface area contributed by atoms with Crippen LogP contribution in [0.5, 0.6) is 0 Å². The van der Waals surface area contributed by atoms with Crippen LogP contribution in [0.25, 0.3) is 11.1 Å². The van der Waals surface area contributed by atoms with Crippen molar-refractivity contribution in [2.24, 2.45) is 0 Å². The van der Waals surface area contributed by atoms with Gasteiger partial charge in [0.05, 0.1) is 5.56 Å². The zero-order valence-corrected chi connectivity index (χ0v) is 10.2. The van der Waals surface area contributed by atoms with Gasteiger partial charge in [-0.05, 0) is 60.4 Å². The van der Waals surface area contributed by atoms with Gasteiger partial charge in [0.15, 0.2) is 0 Å². The molecular weight excluding hydrogens is 231 g/mol. The maximum absolute atomic E-state index is 13.2. The second-order valence-corrected chi connectivity index (χ2v) is 4.30. The molecule has 0 saturated carbocycles. The number of carboxylic acid groups (broad SMARTS) is 1. The predicted octanol–water partition coefficient (Wildman–Crippen LogP) is 3.81. The molecule has 2 aromatic carbocycles. The molecule has 1 N–H and O–H groups in total. The van der Waals surface area contributed by atoms with Crippen molar-refractivity contribution < 1.29 is 14.3 Å². The van der Waals surface area contributed by atoms with Gasteiger partial charge in [0.25, 0.3) is 0 Å². The smallest absolute Gasteiger partial charge is 0.335 e. The van der Waals surface area contributed by atoms with Gasteiger partial charge in [-0.3, -0.25) is 0 Å². The number of rotatable bonds is 2. The third kappa shape index (κ3) is 2.25. The zero-order chi connectivity index (χ0) is 13.3. The highest BCUT2D eigenvalue weighted by molar-refractivity contribution is 5.89. The first kappa shape index (κ1) is 12.3. The number of hydrogen-bond donors (Lipinski definition) is 1. The van der Waals surface area contributed by atoms with Crippen molar-refractivity contribution in [1.82, 2.24) is 0 Å². The van der Waals surface area contributed by atoms with Gasteiger partial charge in [-0.15, -0.1) is 0 Å². The Balaban J connectivity index is 2.62. The summed E-state index contributed by atoms with van der Waals surface area (Å²) in [6, 6.07) is 9.52. The Morgan fingerprint density at radius 2 is 1.72 bits per heavy atom. The van der Waals surface area contributed by atoms with Gasteiger partial charge in [-0.25, -0.2) is 9.18 Å². The molecule has 0 saturated heterocycles. The second kappa shape index (κ2) is 4.61. The van der Waals surface area contributed by atoms with Gasteiger partial charge < -0.3 is 5.11 Å². The van der Waals surface area contributed by atoms with E-state index in [1.54, 1.807) is 18.2 Å². The quantitative estimate of drug-likeness (QED) is 0.872. The molecule has 0 aromatic heterocycles. The highest BCUT2D eigenvalue weighted by Crippen LogP contribution is 2.28. The van der Waals surface area contributed by atoms with E-state index in [1.165, 1.54) is 12.1 Å². The molecule has 92 valence electrons. The number of halogens is 1. The summed E-state index contributed by atoms with van der Waals surface area (Å²) in [7, 11) is 0. The minimum atomic E-state index is -0.952. The van der Waals surface area contributed by atoms with E-state index in [4.69, 9.17) is 5.11 Å². The monoisotopic (exact) mass is 244 g/mol. The molecule has 0 unspecified atom stereocenters. The van der Waals surface area contributed by atoms with Crippen molar-refractivity contribution in [3.8, 4) is 11.1 Å². The molecule has 2 nitrogen and oxygen atoms in total. The first-order valence-electron chi connectivity index (χ1n) is 5.59. The number of aromatic carboxylic acids is 1. The summed E-state index contributed by atoms with van der Waals surface area (Å²) in [4.78, 5) is 10.9. The SMILES string of the molecule is Cc1cc(C(=O)O)cc(C)c1-c1cccc(F)c1. The number of aryl methyl sites for hydroxylation is 2. The van der Waals surface area contributed by atoms with Crippen LogP contribution in [0.15, 0.2) is 36.4 Å².